The molecule has 34 heavy (non-hydrogen) atoms. The van der Waals surface area contributed by atoms with Gasteiger partial charge in [-0.2, -0.15) is 0 Å². The zero-order valence-corrected chi connectivity index (χ0v) is 21.1. The maximum absolute atomic E-state index is 13.5. The first-order valence-corrected chi connectivity index (χ1v) is 12.8. The summed E-state index contributed by atoms with van der Waals surface area (Å²) < 4.78 is 17.4. The molecule has 184 valence electrons. The summed E-state index contributed by atoms with van der Waals surface area (Å²) >= 11 is 0. The van der Waals surface area contributed by atoms with Gasteiger partial charge in [0.05, 0.1) is 20.3 Å². The van der Waals surface area contributed by atoms with Gasteiger partial charge in [0.25, 0.3) is 0 Å². The molecule has 0 aromatic heterocycles. The normalized spacial score (nSPS) is 18.5. The fraction of sp³-hybridized carbons (Fsp3) is 0.552. The molecule has 4 rings (SSSR count). The lowest BCUT2D eigenvalue weighted by Crippen LogP contribution is -2.43. The monoisotopic (exact) mass is 465 g/mol. The van der Waals surface area contributed by atoms with Crippen molar-refractivity contribution in [1.29, 1.82) is 0 Å². The molecule has 1 aliphatic heterocycles. The summed E-state index contributed by atoms with van der Waals surface area (Å²) in [4.78, 5) is 15.6. The summed E-state index contributed by atoms with van der Waals surface area (Å²) in [5.41, 5.74) is 3.58. The number of hydrogen-bond acceptors (Lipinski definition) is 4. The van der Waals surface area contributed by atoms with E-state index in [1.165, 1.54) is 43.2 Å². The SMILES string of the molecule is COc1cc2c(cc1OC)[C@H](COc1ccc(C(C)C)cc1)N(C(=O)CC1CCCCC1)CC2. The molecule has 5 nitrogen and oxygen atoms in total. The lowest BCUT2D eigenvalue weighted by molar-refractivity contribution is -0.136. The van der Waals surface area contributed by atoms with Crippen LogP contribution < -0.4 is 14.2 Å². The highest BCUT2D eigenvalue weighted by Gasteiger charge is 2.34. The number of fused-ring (bicyclic) bond motifs is 1. The van der Waals surface area contributed by atoms with Crippen LogP contribution in [0.4, 0.5) is 0 Å². The molecule has 0 N–H and O–H groups in total. The molecule has 1 fully saturated rings. The van der Waals surface area contributed by atoms with E-state index in [9.17, 15) is 4.79 Å². The van der Waals surface area contributed by atoms with Crippen LogP contribution in [-0.2, 0) is 11.2 Å². The summed E-state index contributed by atoms with van der Waals surface area (Å²) in [5, 5.41) is 0. The second-order valence-corrected chi connectivity index (χ2v) is 10.0. The van der Waals surface area contributed by atoms with Crippen molar-refractivity contribution in [1.82, 2.24) is 4.90 Å². The fourth-order valence-corrected chi connectivity index (χ4v) is 5.39. The van der Waals surface area contributed by atoms with Crippen molar-refractivity contribution in [2.75, 3.05) is 27.4 Å². The highest BCUT2D eigenvalue weighted by molar-refractivity contribution is 5.77. The molecule has 2 aromatic rings. The molecule has 0 unspecified atom stereocenters. The Morgan fingerprint density at radius 3 is 2.32 bits per heavy atom. The molecule has 0 spiro atoms. The maximum atomic E-state index is 13.5. The van der Waals surface area contributed by atoms with Crippen molar-refractivity contribution < 1.29 is 19.0 Å². The number of nitrogens with zero attached hydrogens (tertiary/aromatic N) is 1. The molecular formula is C29H39NO4. The largest absolute Gasteiger partial charge is 0.493 e. The Bertz CT molecular complexity index is 963. The second-order valence-electron chi connectivity index (χ2n) is 10.0. The van der Waals surface area contributed by atoms with E-state index in [1.54, 1.807) is 14.2 Å². The average Bonchev–Trinajstić information content (AvgIpc) is 2.87. The number of benzene rings is 2. The standard InChI is InChI=1S/C29H39NO4/c1-20(2)22-10-12-24(13-11-22)34-19-26-25-18-28(33-4)27(32-3)17-23(25)14-15-30(26)29(31)16-21-8-6-5-7-9-21/h10-13,17-18,20-21,26H,5-9,14-16,19H2,1-4H3/t26-/m0/s1. The molecule has 1 amide bonds. The summed E-state index contributed by atoms with van der Waals surface area (Å²) in [5.74, 6) is 3.49. The zero-order chi connectivity index (χ0) is 24.1. The molecule has 1 saturated carbocycles. The van der Waals surface area contributed by atoms with Crippen molar-refractivity contribution in [3.63, 3.8) is 0 Å². The molecular weight excluding hydrogens is 426 g/mol. The summed E-state index contributed by atoms with van der Waals surface area (Å²) in [6.45, 7) is 5.49. The summed E-state index contributed by atoms with van der Waals surface area (Å²) in [6.07, 6.45) is 7.59. The van der Waals surface area contributed by atoms with Gasteiger partial charge in [-0.3, -0.25) is 4.79 Å². The lowest BCUT2D eigenvalue weighted by Gasteiger charge is -2.38. The van der Waals surface area contributed by atoms with Crippen LogP contribution in [0.15, 0.2) is 36.4 Å². The third-order valence-electron chi connectivity index (χ3n) is 7.47. The van der Waals surface area contributed by atoms with Crippen LogP contribution in [0.5, 0.6) is 17.2 Å². The number of carbonyl (C=O) groups is 1. The Morgan fingerprint density at radius 1 is 1.00 bits per heavy atom. The van der Waals surface area contributed by atoms with Gasteiger partial charge in [-0.25, -0.2) is 0 Å². The van der Waals surface area contributed by atoms with E-state index >= 15 is 0 Å². The van der Waals surface area contributed by atoms with Gasteiger partial charge in [0.15, 0.2) is 11.5 Å². The van der Waals surface area contributed by atoms with Crippen molar-refractivity contribution >= 4 is 5.91 Å². The molecule has 2 aliphatic rings. The van der Waals surface area contributed by atoms with Gasteiger partial charge in [-0.05, 0) is 72.1 Å². The van der Waals surface area contributed by atoms with E-state index in [1.807, 2.05) is 23.1 Å². The van der Waals surface area contributed by atoms with Gasteiger partial charge >= 0.3 is 0 Å². The minimum Gasteiger partial charge on any atom is -0.493 e. The molecule has 0 saturated heterocycles. The van der Waals surface area contributed by atoms with Gasteiger partial charge in [-0.15, -0.1) is 0 Å². The van der Waals surface area contributed by atoms with E-state index < -0.39 is 0 Å². The van der Waals surface area contributed by atoms with Crippen molar-refractivity contribution in [3.8, 4) is 17.2 Å². The van der Waals surface area contributed by atoms with Crippen LogP contribution in [-0.4, -0.2) is 38.2 Å². The first-order chi connectivity index (χ1) is 16.5. The van der Waals surface area contributed by atoms with Crippen molar-refractivity contribution in [2.24, 2.45) is 5.92 Å². The number of ether oxygens (including phenoxy) is 3. The average molecular weight is 466 g/mol. The Kier molecular flexibility index (Phi) is 8.02. The Labute approximate surface area is 204 Å². The van der Waals surface area contributed by atoms with Crippen LogP contribution in [0.1, 0.15) is 81.0 Å². The predicted octanol–water partition coefficient (Wildman–Crippen LogP) is 6.30. The van der Waals surface area contributed by atoms with Crippen LogP contribution in [0, 0.1) is 5.92 Å². The topological polar surface area (TPSA) is 48.0 Å². The summed E-state index contributed by atoms with van der Waals surface area (Å²) in [6, 6.07) is 12.2. The van der Waals surface area contributed by atoms with E-state index in [0.29, 0.717) is 37.2 Å². The number of hydrogen-bond donors (Lipinski definition) is 0. The molecule has 0 radical (unpaired) electrons. The van der Waals surface area contributed by atoms with E-state index in [-0.39, 0.29) is 11.9 Å². The van der Waals surface area contributed by atoms with Crippen LogP contribution in [0.25, 0.3) is 0 Å². The highest BCUT2D eigenvalue weighted by Crippen LogP contribution is 2.39. The van der Waals surface area contributed by atoms with Gasteiger partial charge in [0.2, 0.25) is 5.91 Å². The fourth-order valence-electron chi connectivity index (χ4n) is 5.39. The zero-order valence-electron chi connectivity index (χ0n) is 21.1. The van der Waals surface area contributed by atoms with Gasteiger partial charge in [0, 0.05) is 13.0 Å². The quantitative estimate of drug-likeness (QED) is 0.459. The first-order valence-electron chi connectivity index (χ1n) is 12.8. The molecule has 5 heteroatoms. The van der Waals surface area contributed by atoms with Gasteiger partial charge in [0.1, 0.15) is 12.4 Å². The Balaban J connectivity index is 1.58. The van der Waals surface area contributed by atoms with E-state index in [2.05, 4.69) is 32.0 Å². The van der Waals surface area contributed by atoms with Gasteiger partial charge in [-0.1, -0.05) is 45.2 Å². The molecule has 1 aliphatic carbocycles. The second kappa shape index (κ2) is 11.2. The Morgan fingerprint density at radius 2 is 1.68 bits per heavy atom. The Hall–Kier alpha value is -2.69. The minimum atomic E-state index is -0.149. The molecule has 2 aromatic carbocycles. The molecule has 0 bridgehead atoms. The number of carbonyl (C=O) groups excluding carboxylic acids is 1. The minimum absolute atomic E-state index is 0.149. The smallest absolute Gasteiger partial charge is 0.223 e. The lowest BCUT2D eigenvalue weighted by atomic mass is 9.85. The number of methoxy groups -OCH3 is 2. The number of amides is 1. The highest BCUT2D eigenvalue weighted by atomic mass is 16.5. The van der Waals surface area contributed by atoms with Crippen molar-refractivity contribution in [2.45, 2.75) is 70.8 Å². The van der Waals surface area contributed by atoms with Crippen LogP contribution >= 0.6 is 0 Å². The van der Waals surface area contributed by atoms with E-state index in [0.717, 1.165) is 23.5 Å². The number of rotatable bonds is 8. The van der Waals surface area contributed by atoms with E-state index in [4.69, 9.17) is 14.2 Å². The van der Waals surface area contributed by atoms with Crippen LogP contribution in [0.3, 0.4) is 0 Å². The van der Waals surface area contributed by atoms with Gasteiger partial charge < -0.3 is 19.1 Å². The summed E-state index contributed by atoms with van der Waals surface area (Å²) in [7, 11) is 3.31. The maximum Gasteiger partial charge on any atom is 0.223 e. The van der Waals surface area contributed by atoms with Crippen molar-refractivity contribution in [3.05, 3.63) is 53.1 Å². The first kappa shape index (κ1) is 24.4. The molecule has 1 heterocycles. The predicted molar refractivity (Wildman–Crippen MR) is 135 cm³/mol. The third-order valence-corrected chi connectivity index (χ3v) is 7.47. The van der Waals surface area contributed by atoms with Crippen LogP contribution in [0.2, 0.25) is 0 Å². The molecule has 1 atom stereocenters. The third kappa shape index (κ3) is 5.51.